The molecule has 4 rings (SSSR count). The van der Waals surface area contributed by atoms with Crippen LogP contribution in [0, 0.1) is 0 Å². The molecular formula is C26H23NO6. The van der Waals surface area contributed by atoms with Crippen LogP contribution in [0.25, 0.3) is 22.1 Å². The number of rotatable bonds is 7. The average molecular weight is 445 g/mol. The summed E-state index contributed by atoms with van der Waals surface area (Å²) < 4.78 is 11.2. The summed E-state index contributed by atoms with van der Waals surface area (Å²) in [6.07, 6.45) is 0.529. The number of aliphatic hydroxyl groups excluding tert-OH is 1. The molecule has 33 heavy (non-hydrogen) atoms. The van der Waals surface area contributed by atoms with Gasteiger partial charge in [-0.15, -0.1) is 0 Å². The first-order chi connectivity index (χ1) is 15.9. The Bertz CT molecular complexity index is 1310. The lowest BCUT2D eigenvalue weighted by molar-refractivity contribution is -0.133. The van der Waals surface area contributed by atoms with E-state index in [1.165, 1.54) is 23.3 Å². The molecule has 1 atom stereocenters. The third-order valence-electron chi connectivity index (χ3n) is 5.34. The molecule has 0 bridgehead atoms. The fraction of sp³-hybridized carbons (Fsp3) is 0.154. The van der Waals surface area contributed by atoms with Crippen molar-refractivity contribution in [2.75, 3.05) is 20.2 Å². The molecule has 1 amide bonds. The van der Waals surface area contributed by atoms with Crippen LogP contribution in [0.2, 0.25) is 0 Å². The van der Waals surface area contributed by atoms with Crippen LogP contribution in [0.1, 0.15) is 11.7 Å². The molecule has 7 heteroatoms. The third kappa shape index (κ3) is 5.05. The summed E-state index contributed by atoms with van der Waals surface area (Å²) in [7, 11) is 1.57. The number of ether oxygens (including phenoxy) is 1. The molecule has 0 fully saturated rings. The highest BCUT2D eigenvalue weighted by molar-refractivity contribution is 5.83. The Labute approximate surface area is 190 Å². The Morgan fingerprint density at radius 2 is 1.79 bits per heavy atom. The number of amides is 1. The summed E-state index contributed by atoms with van der Waals surface area (Å²) in [6, 6.07) is 20.2. The predicted octanol–water partition coefficient (Wildman–Crippen LogP) is 3.74. The zero-order chi connectivity index (χ0) is 23.4. The lowest BCUT2D eigenvalue weighted by Gasteiger charge is -2.21. The fourth-order valence-electron chi connectivity index (χ4n) is 3.43. The molecule has 1 heterocycles. The second-order valence-electron chi connectivity index (χ2n) is 7.67. The molecule has 0 aliphatic carbocycles. The molecular weight excluding hydrogens is 422 g/mol. The number of hydrogen-bond acceptors (Lipinski definition) is 6. The van der Waals surface area contributed by atoms with E-state index in [0.717, 1.165) is 5.56 Å². The van der Waals surface area contributed by atoms with Crippen LogP contribution in [0.4, 0.5) is 0 Å². The highest BCUT2D eigenvalue weighted by atomic mass is 16.5. The first-order valence-corrected chi connectivity index (χ1v) is 10.4. The number of benzene rings is 3. The minimum Gasteiger partial charge on any atom is -0.508 e. The summed E-state index contributed by atoms with van der Waals surface area (Å²) in [5.41, 5.74) is 2.05. The Hall–Kier alpha value is -4.10. The van der Waals surface area contributed by atoms with Crippen LogP contribution in [-0.2, 0) is 4.79 Å². The SMILES string of the molecule is CN(C[C@@H](O)c1ccc(O)cc1)C(=O)COc1ccc2c(=O)c(-c3ccccc3)coc2c1. The lowest BCUT2D eigenvalue weighted by atomic mass is 10.1. The van der Waals surface area contributed by atoms with Crippen LogP contribution in [0.5, 0.6) is 11.5 Å². The van der Waals surface area contributed by atoms with Crippen LogP contribution < -0.4 is 10.2 Å². The fourth-order valence-corrected chi connectivity index (χ4v) is 3.43. The van der Waals surface area contributed by atoms with Crippen molar-refractivity contribution in [2.24, 2.45) is 0 Å². The molecule has 0 spiro atoms. The van der Waals surface area contributed by atoms with Crippen molar-refractivity contribution in [3.05, 3.63) is 94.8 Å². The predicted molar refractivity (Wildman–Crippen MR) is 124 cm³/mol. The van der Waals surface area contributed by atoms with Crippen molar-refractivity contribution in [3.63, 3.8) is 0 Å². The van der Waals surface area contributed by atoms with Crippen LogP contribution in [-0.4, -0.2) is 41.2 Å². The van der Waals surface area contributed by atoms with Gasteiger partial charge >= 0.3 is 0 Å². The Balaban J connectivity index is 1.41. The number of phenols is 1. The number of likely N-dealkylation sites (N-methyl/N-ethyl adjacent to an activating group) is 1. The lowest BCUT2D eigenvalue weighted by Crippen LogP contribution is -2.34. The number of carbonyl (C=O) groups is 1. The molecule has 0 aliphatic heterocycles. The van der Waals surface area contributed by atoms with E-state index in [0.29, 0.717) is 27.8 Å². The summed E-state index contributed by atoms with van der Waals surface area (Å²) >= 11 is 0. The van der Waals surface area contributed by atoms with Gasteiger partial charge in [0.25, 0.3) is 5.91 Å². The second-order valence-corrected chi connectivity index (χ2v) is 7.67. The van der Waals surface area contributed by atoms with Crippen LogP contribution in [0.3, 0.4) is 0 Å². The first-order valence-electron chi connectivity index (χ1n) is 10.4. The van der Waals surface area contributed by atoms with Gasteiger partial charge in [0.15, 0.2) is 12.0 Å². The number of carbonyl (C=O) groups excluding carboxylic acids is 1. The van der Waals surface area contributed by atoms with E-state index in [-0.39, 0.29) is 30.2 Å². The highest BCUT2D eigenvalue weighted by Gasteiger charge is 2.16. The van der Waals surface area contributed by atoms with Crippen molar-refractivity contribution in [1.29, 1.82) is 0 Å². The number of fused-ring (bicyclic) bond motifs is 1. The van der Waals surface area contributed by atoms with E-state index in [1.54, 1.807) is 37.4 Å². The number of phenolic OH excluding ortho intramolecular Hbond substituents is 1. The molecule has 7 nitrogen and oxygen atoms in total. The van der Waals surface area contributed by atoms with Gasteiger partial charge < -0.3 is 24.3 Å². The molecule has 2 N–H and O–H groups in total. The van der Waals surface area contributed by atoms with Crippen molar-refractivity contribution >= 4 is 16.9 Å². The third-order valence-corrected chi connectivity index (χ3v) is 5.34. The molecule has 0 saturated carbocycles. The van der Waals surface area contributed by atoms with Gasteiger partial charge in [-0.1, -0.05) is 42.5 Å². The van der Waals surface area contributed by atoms with E-state index in [4.69, 9.17) is 9.15 Å². The van der Waals surface area contributed by atoms with Gasteiger partial charge in [0.1, 0.15) is 23.3 Å². The zero-order valence-corrected chi connectivity index (χ0v) is 18.0. The Kier molecular flexibility index (Phi) is 6.42. The number of aromatic hydroxyl groups is 1. The summed E-state index contributed by atoms with van der Waals surface area (Å²) in [5, 5.41) is 20.1. The van der Waals surface area contributed by atoms with E-state index >= 15 is 0 Å². The highest BCUT2D eigenvalue weighted by Crippen LogP contribution is 2.23. The molecule has 0 radical (unpaired) electrons. The quantitative estimate of drug-likeness (QED) is 0.450. The van der Waals surface area contributed by atoms with Crippen molar-refractivity contribution in [1.82, 2.24) is 4.90 Å². The van der Waals surface area contributed by atoms with E-state index < -0.39 is 6.10 Å². The smallest absolute Gasteiger partial charge is 0.260 e. The standard InChI is InChI=1S/C26H23NO6/c1-27(14-23(29)18-7-9-19(28)10-8-18)25(30)16-32-20-11-12-21-24(13-20)33-15-22(26(21)31)17-5-3-2-4-6-17/h2-13,15,23,28-29H,14,16H2,1H3/t23-/m1/s1. The van der Waals surface area contributed by atoms with Crippen molar-refractivity contribution in [3.8, 4) is 22.6 Å². The Morgan fingerprint density at radius 1 is 1.06 bits per heavy atom. The minimum atomic E-state index is -0.895. The molecule has 1 aromatic heterocycles. The minimum absolute atomic E-state index is 0.0713. The molecule has 3 aromatic carbocycles. The monoisotopic (exact) mass is 445 g/mol. The first kappa shape index (κ1) is 22.1. The summed E-state index contributed by atoms with van der Waals surface area (Å²) in [5.74, 6) is 0.166. The molecule has 0 aliphatic rings. The Morgan fingerprint density at radius 3 is 2.52 bits per heavy atom. The van der Waals surface area contributed by atoms with E-state index in [9.17, 15) is 19.8 Å². The topological polar surface area (TPSA) is 100 Å². The zero-order valence-electron chi connectivity index (χ0n) is 18.0. The van der Waals surface area contributed by atoms with E-state index in [2.05, 4.69) is 0 Å². The van der Waals surface area contributed by atoms with Gasteiger partial charge in [0.2, 0.25) is 0 Å². The normalized spacial score (nSPS) is 11.8. The van der Waals surface area contributed by atoms with Crippen LogP contribution in [0.15, 0.2) is 88.3 Å². The van der Waals surface area contributed by atoms with Gasteiger partial charge in [-0.05, 0) is 35.4 Å². The van der Waals surface area contributed by atoms with Gasteiger partial charge in [-0.3, -0.25) is 9.59 Å². The summed E-state index contributed by atoms with van der Waals surface area (Å²) in [6.45, 7) is -0.168. The number of nitrogens with zero attached hydrogens (tertiary/aromatic N) is 1. The van der Waals surface area contributed by atoms with Gasteiger partial charge in [0.05, 0.1) is 23.6 Å². The van der Waals surface area contributed by atoms with Crippen molar-refractivity contribution in [2.45, 2.75) is 6.10 Å². The van der Waals surface area contributed by atoms with Crippen molar-refractivity contribution < 1.29 is 24.2 Å². The van der Waals surface area contributed by atoms with E-state index in [1.807, 2.05) is 30.3 Å². The maximum atomic E-state index is 12.8. The average Bonchev–Trinajstić information content (AvgIpc) is 2.83. The van der Waals surface area contributed by atoms with Gasteiger partial charge in [-0.2, -0.15) is 0 Å². The second kappa shape index (κ2) is 9.58. The number of aliphatic hydroxyl groups is 1. The summed E-state index contributed by atoms with van der Waals surface area (Å²) in [4.78, 5) is 26.6. The largest absolute Gasteiger partial charge is 0.508 e. The molecule has 0 unspecified atom stereocenters. The molecule has 168 valence electrons. The van der Waals surface area contributed by atoms with Gasteiger partial charge in [-0.25, -0.2) is 0 Å². The molecule has 4 aromatic rings. The number of hydrogen-bond donors (Lipinski definition) is 2. The van der Waals surface area contributed by atoms with Gasteiger partial charge in [0, 0.05) is 13.1 Å². The maximum Gasteiger partial charge on any atom is 0.260 e. The molecule has 0 saturated heterocycles. The maximum absolute atomic E-state index is 12.8. The van der Waals surface area contributed by atoms with Crippen LogP contribution >= 0.6 is 0 Å².